The maximum absolute atomic E-state index is 12.5. The van der Waals surface area contributed by atoms with E-state index >= 15 is 0 Å². The van der Waals surface area contributed by atoms with Crippen LogP contribution in [-0.2, 0) is 4.79 Å². The summed E-state index contributed by atoms with van der Waals surface area (Å²) in [4.78, 5) is 14.7. The van der Waals surface area contributed by atoms with Gasteiger partial charge in [0.25, 0.3) is 0 Å². The molecule has 2 aromatic carbocycles. The first kappa shape index (κ1) is 23.5. The van der Waals surface area contributed by atoms with Crippen LogP contribution in [0.3, 0.4) is 0 Å². The molecule has 33 heavy (non-hydrogen) atoms. The van der Waals surface area contributed by atoms with Gasteiger partial charge < -0.3 is 25.2 Å². The second-order valence-electron chi connectivity index (χ2n) is 9.26. The maximum Gasteiger partial charge on any atom is 0.238 e. The molecule has 0 aliphatic carbocycles. The SMILES string of the molecule is Cc1ccc2c(c1)OC(C(O)CNC1CCN(CC(=O)Nc3c(C)cccc3C)CC1)CO2. The fourth-order valence-corrected chi connectivity index (χ4v) is 4.49. The average Bonchev–Trinajstić information content (AvgIpc) is 2.80. The molecule has 4 rings (SSSR count). The molecule has 0 radical (unpaired) electrons. The quantitative estimate of drug-likeness (QED) is 0.598. The number of aryl methyl sites for hydroxylation is 3. The Morgan fingerprint density at radius 2 is 1.85 bits per heavy atom. The number of piperidine rings is 1. The predicted molar refractivity (Wildman–Crippen MR) is 129 cm³/mol. The van der Waals surface area contributed by atoms with Crippen molar-refractivity contribution in [3.63, 3.8) is 0 Å². The molecule has 0 bridgehead atoms. The average molecular weight is 454 g/mol. The second-order valence-corrected chi connectivity index (χ2v) is 9.26. The van der Waals surface area contributed by atoms with Crippen LogP contribution in [0, 0.1) is 20.8 Å². The summed E-state index contributed by atoms with van der Waals surface area (Å²) in [7, 11) is 0. The number of likely N-dealkylation sites (tertiary alicyclic amines) is 1. The van der Waals surface area contributed by atoms with Crippen LogP contribution in [-0.4, -0.2) is 66.9 Å². The van der Waals surface area contributed by atoms with Crippen molar-refractivity contribution in [3.05, 3.63) is 53.1 Å². The number of rotatable bonds is 7. The standard InChI is InChI=1S/C26H35N3O4/c1-17-7-8-22-23(13-17)33-24(16-32-22)21(30)14-27-20-9-11-29(12-10-20)15-25(31)28-26-18(2)5-4-6-19(26)3/h4-8,13,20-21,24,27,30H,9-12,14-16H2,1-3H3,(H,28,31). The van der Waals surface area contributed by atoms with Crippen molar-refractivity contribution in [1.82, 2.24) is 10.2 Å². The van der Waals surface area contributed by atoms with Gasteiger partial charge in [0.1, 0.15) is 12.7 Å². The summed E-state index contributed by atoms with van der Waals surface area (Å²) in [6.07, 6.45) is 0.834. The third kappa shape index (κ3) is 6.05. The zero-order valence-electron chi connectivity index (χ0n) is 19.8. The van der Waals surface area contributed by atoms with Gasteiger partial charge in [0.05, 0.1) is 6.54 Å². The highest BCUT2D eigenvalue weighted by Gasteiger charge is 2.29. The minimum absolute atomic E-state index is 0.0270. The lowest BCUT2D eigenvalue weighted by atomic mass is 10.0. The molecule has 0 spiro atoms. The number of nitrogens with zero attached hydrogens (tertiary/aromatic N) is 1. The van der Waals surface area contributed by atoms with E-state index in [0.29, 0.717) is 31.5 Å². The molecule has 0 aromatic heterocycles. The predicted octanol–water partition coefficient (Wildman–Crippen LogP) is 2.81. The van der Waals surface area contributed by atoms with Crippen LogP contribution in [0.5, 0.6) is 11.5 Å². The minimum Gasteiger partial charge on any atom is -0.486 e. The number of amides is 1. The van der Waals surface area contributed by atoms with Crippen molar-refractivity contribution in [3.8, 4) is 11.5 Å². The van der Waals surface area contributed by atoms with Crippen molar-refractivity contribution in [2.75, 3.05) is 38.1 Å². The Labute approximate surface area is 196 Å². The molecule has 2 atom stereocenters. The van der Waals surface area contributed by atoms with E-state index < -0.39 is 6.10 Å². The van der Waals surface area contributed by atoms with E-state index in [1.165, 1.54) is 0 Å². The molecule has 1 fully saturated rings. The molecule has 7 nitrogen and oxygen atoms in total. The van der Waals surface area contributed by atoms with Gasteiger partial charge in [-0.2, -0.15) is 0 Å². The molecule has 2 aromatic rings. The van der Waals surface area contributed by atoms with Gasteiger partial charge in [0.15, 0.2) is 17.6 Å². The first-order valence-electron chi connectivity index (χ1n) is 11.8. The smallest absolute Gasteiger partial charge is 0.238 e. The molecule has 0 saturated carbocycles. The number of aliphatic hydroxyl groups is 1. The lowest BCUT2D eigenvalue weighted by molar-refractivity contribution is -0.117. The number of hydrogen-bond acceptors (Lipinski definition) is 6. The van der Waals surface area contributed by atoms with Crippen LogP contribution in [0.25, 0.3) is 0 Å². The Morgan fingerprint density at radius 3 is 2.58 bits per heavy atom. The molecule has 1 amide bonds. The van der Waals surface area contributed by atoms with Gasteiger partial charge in [-0.1, -0.05) is 24.3 Å². The number of ether oxygens (including phenoxy) is 2. The maximum atomic E-state index is 12.5. The van der Waals surface area contributed by atoms with Gasteiger partial charge in [-0.3, -0.25) is 9.69 Å². The van der Waals surface area contributed by atoms with Gasteiger partial charge in [-0.15, -0.1) is 0 Å². The molecule has 2 aliphatic heterocycles. The van der Waals surface area contributed by atoms with Gasteiger partial charge in [0.2, 0.25) is 5.91 Å². The number of para-hydroxylation sites is 1. The molecule has 2 aliphatic rings. The molecule has 2 heterocycles. The highest BCUT2D eigenvalue weighted by Crippen LogP contribution is 2.33. The summed E-state index contributed by atoms with van der Waals surface area (Å²) in [6, 6.07) is 12.2. The molecule has 7 heteroatoms. The van der Waals surface area contributed by atoms with Crippen LogP contribution >= 0.6 is 0 Å². The van der Waals surface area contributed by atoms with Gasteiger partial charge >= 0.3 is 0 Å². The lowest BCUT2D eigenvalue weighted by Crippen LogP contribution is -2.50. The van der Waals surface area contributed by atoms with Crippen LogP contribution in [0.15, 0.2) is 36.4 Å². The highest BCUT2D eigenvalue weighted by atomic mass is 16.6. The third-order valence-corrected chi connectivity index (χ3v) is 6.53. The van der Waals surface area contributed by atoms with E-state index in [2.05, 4.69) is 15.5 Å². The Balaban J connectivity index is 1.18. The molecule has 1 saturated heterocycles. The molecule has 178 valence electrons. The summed E-state index contributed by atoms with van der Waals surface area (Å²) in [5.41, 5.74) is 4.17. The largest absolute Gasteiger partial charge is 0.486 e. The zero-order chi connectivity index (χ0) is 23.4. The number of anilines is 1. The Morgan fingerprint density at radius 1 is 1.12 bits per heavy atom. The summed E-state index contributed by atoms with van der Waals surface area (Å²) >= 11 is 0. The Hall–Kier alpha value is -2.61. The number of carbonyl (C=O) groups is 1. The number of aliphatic hydroxyl groups excluding tert-OH is 1. The topological polar surface area (TPSA) is 83.1 Å². The van der Waals surface area contributed by atoms with E-state index in [9.17, 15) is 9.90 Å². The van der Waals surface area contributed by atoms with Crippen molar-refractivity contribution < 1.29 is 19.4 Å². The lowest BCUT2D eigenvalue weighted by Gasteiger charge is -2.34. The number of nitrogens with one attached hydrogen (secondary N) is 2. The first-order valence-corrected chi connectivity index (χ1v) is 11.8. The number of carbonyl (C=O) groups excluding carboxylic acids is 1. The molecule has 3 N–H and O–H groups in total. The van der Waals surface area contributed by atoms with E-state index in [0.717, 1.165) is 54.1 Å². The molecular formula is C26H35N3O4. The zero-order valence-corrected chi connectivity index (χ0v) is 19.8. The number of benzene rings is 2. The van der Waals surface area contributed by atoms with Crippen molar-refractivity contribution in [1.29, 1.82) is 0 Å². The minimum atomic E-state index is -0.653. The molecular weight excluding hydrogens is 418 g/mol. The highest BCUT2D eigenvalue weighted by molar-refractivity contribution is 5.93. The van der Waals surface area contributed by atoms with Crippen molar-refractivity contribution in [2.45, 2.75) is 51.9 Å². The van der Waals surface area contributed by atoms with Crippen molar-refractivity contribution in [2.24, 2.45) is 0 Å². The van der Waals surface area contributed by atoms with E-state index in [1.54, 1.807) is 0 Å². The monoisotopic (exact) mass is 453 g/mol. The third-order valence-electron chi connectivity index (χ3n) is 6.53. The first-order chi connectivity index (χ1) is 15.9. The van der Waals surface area contributed by atoms with Gasteiger partial charge in [0, 0.05) is 31.4 Å². The fraction of sp³-hybridized carbons (Fsp3) is 0.500. The fourth-order valence-electron chi connectivity index (χ4n) is 4.49. The second kappa shape index (κ2) is 10.5. The van der Waals surface area contributed by atoms with Crippen LogP contribution in [0.4, 0.5) is 5.69 Å². The summed E-state index contributed by atoms with van der Waals surface area (Å²) in [6.45, 7) is 8.92. The normalized spacial score (nSPS) is 19.8. The van der Waals surface area contributed by atoms with Crippen LogP contribution in [0.1, 0.15) is 29.5 Å². The van der Waals surface area contributed by atoms with Gasteiger partial charge in [-0.25, -0.2) is 0 Å². The summed E-state index contributed by atoms with van der Waals surface area (Å²) in [5, 5.41) is 17.2. The summed E-state index contributed by atoms with van der Waals surface area (Å²) < 4.78 is 11.7. The number of hydrogen-bond donors (Lipinski definition) is 3. The summed E-state index contributed by atoms with van der Waals surface area (Å²) in [5.74, 6) is 1.45. The van der Waals surface area contributed by atoms with Crippen LogP contribution in [0.2, 0.25) is 0 Å². The molecule has 2 unspecified atom stereocenters. The van der Waals surface area contributed by atoms with E-state index in [4.69, 9.17) is 9.47 Å². The van der Waals surface area contributed by atoms with Crippen molar-refractivity contribution >= 4 is 11.6 Å². The Kier molecular flexibility index (Phi) is 7.53. The number of fused-ring (bicyclic) bond motifs is 1. The van der Waals surface area contributed by atoms with Gasteiger partial charge in [-0.05, 0) is 62.4 Å². The van der Waals surface area contributed by atoms with E-state index in [-0.39, 0.29) is 12.0 Å². The Bertz CT molecular complexity index is 952. The van der Waals surface area contributed by atoms with E-state index in [1.807, 2.05) is 57.2 Å². The van der Waals surface area contributed by atoms with Crippen LogP contribution < -0.4 is 20.1 Å².